The van der Waals surface area contributed by atoms with Gasteiger partial charge in [-0.15, -0.1) is 0 Å². The van der Waals surface area contributed by atoms with Crippen molar-refractivity contribution in [3.8, 4) is 6.07 Å². The van der Waals surface area contributed by atoms with Gasteiger partial charge in [0.25, 0.3) is 0 Å². The molecule has 3 nitrogen and oxygen atoms in total. The SMILES string of the molecule is Cc1ccc(S(=O)C(C)C(O)(C#N)c2ccccc2)cc1. The van der Waals surface area contributed by atoms with Gasteiger partial charge in [-0.05, 0) is 31.5 Å². The Balaban J connectivity index is 2.37. The number of benzene rings is 2. The average Bonchev–Trinajstić information content (AvgIpc) is 2.54. The molecule has 4 heteroatoms. The summed E-state index contributed by atoms with van der Waals surface area (Å²) in [7, 11) is -1.48. The summed E-state index contributed by atoms with van der Waals surface area (Å²) in [5.41, 5.74) is -0.251. The maximum absolute atomic E-state index is 12.6. The summed E-state index contributed by atoms with van der Waals surface area (Å²) in [5.74, 6) is 0. The lowest BCUT2D eigenvalue weighted by Gasteiger charge is -2.27. The van der Waals surface area contributed by atoms with Crippen LogP contribution in [0.1, 0.15) is 18.1 Å². The van der Waals surface area contributed by atoms with Crippen molar-refractivity contribution in [2.75, 3.05) is 0 Å². The average molecular weight is 299 g/mol. The van der Waals surface area contributed by atoms with Crippen LogP contribution in [0.3, 0.4) is 0 Å². The fraction of sp³-hybridized carbons (Fsp3) is 0.235. The minimum Gasteiger partial charge on any atom is -0.371 e. The molecule has 0 amide bonds. The lowest BCUT2D eigenvalue weighted by atomic mass is 9.92. The van der Waals surface area contributed by atoms with Crippen LogP contribution >= 0.6 is 0 Å². The van der Waals surface area contributed by atoms with Gasteiger partial charge in [0, 0.05) is 4.90 Å². The molecule has 0 aromatic heterocycles. The quantitative estimate of drug-likeness (QED) is 0.883. The number of hydrogen-bond donors (Lipinski definition) is 1. The van der Waals surface area contributed by atoms with Crippen LogP contribution in [0.5, 0.6) is 0 Å². The largest absolute Gasteiger partial charge is 0.371 e. The van der Waals surface area contributed by atoms with E-state index in [0.29, 0.717) is 10.5 Å². The smallest absolute Gasteiger partial charge is 0.191 e. The molecule has 3 unspecified atom stereocenters. The Morgan fingerprint density at radius 2 is 1.71 bits per heavy atom. The molecular weight excluding hydrogens is 282 g/mol. The number of rotatable bonds is 4. The van der Waals surface area contributed by atoms with Crippen molar-refractivity contribution in [1.82, 2.24) is 0 Å². The van der Waals surface area contributed by atoms with E-state index >= 15 is 0 Å². The van der Waals surface area contributed by atoms with Crippen molar-refractivity contribution in [2.45, 2.75) is 29.6 Å². The first-order chi connectivity index (χ1) is 9.99. The van der Waals surface area contributed by atoms with E-state index in [2.05, 4.69) is 0 Å². The molecule has 0 saturated carbocycles. The molecule has 0 spiro atoms. The van der Waals surface area contributed by atoms with Gasteiger partial charge in [0.05, 0.1) is 16.0 Å². The molecular formula is C17H17NO2S. The van der Waals surface area contributed by atoms with E-state index in [4.69, 9.17) is 0 Å². The number of aryl methyl sites for hydroxylation is 1. The minimum absolute atomic E-state index is 0.459. The molecule has 0 fully saturated rings. The molecule has 2 aromatic rings. The van der Waals surface area contributed by atoms with Crippen molar-refractivity contribution in [3.63, 3.8) is 0 Å². The van der Waals surface area contributed by atoms with Gasteiger partial charge < -0.3 is 5.11 Å². The molecule has 0 bridgehead atoms. The van der Waals surface area contributed by atoms with Gasteiger partial charge in [0.2, 0.25) is 0 Å². The molecule has 0 aliphatic carbocycles. The van der Waals surface area contributed by atoms with Crippen molar-refractivity contribution in [1.29, 1.82) is 5.26 Å². The predicted molar refractivity (Wildman–Crippen MR) is 83.0 cm³/mol. The van der Waals surface area contributed by atoms with Gasteiger partial charge in [-0.3, -0.25) is 4.21 Å². The van der Waals surface area contributed by atoms with E-state index in [0.717, 1.165) is 5.56 Å². The van der Waals surface area contributed by atoms with E-state index in [1.807, 2.05) is 31.2 Å². The van der Waals surface area contributed by atoms with Crippen molar-refractivity contribution in [2.24, 2.45) is 0 Å². The molecule has 0 radical (unpaired) electrons. The summed E-state index contributed by atoms with van der Waals surface area (Å²) in [6.45, 7) is 3.58. The molecule has 2 aromatic carbocycles. The molecule has 1 N–H and O–H groups in total. The van der Waals surface area contributed by atoms with Crippen LogP contribution in [0.2, 0.25) is 0 Å². The fourth-order valence-electron chi connectivity index (χ4n) is 2.11. The highest BCUT2D eigenvalue weighted by atomic mass is 32.2. The standard InChI is InChI=1S/C17H17NO2S/c1-13-8-10-16(11-9-13)21(20)14(2)17(19,12-18)15-6-4-3-5-7-15/h3-11,14,19H,1-2H3. The van der Waals surface area contributed by atoms with Gasteiger partial charge >= 0.3 is 0 Å². The monoisotopic (exact) mass is 299 g/mol. The second kappa shape index (κ2) is 6.21. The lowest BCUT2D eigenvalue weighted by molar-refractivity contribution is 0.0981. The summed E-state index contributed by atoms with van der Waals surface area (Å²) < 4.78 is 12.6. The highest BCUT2D eigenvalue weighted by molar-refractivity contribution is 7.85. The van der Waals surface area contributed by atoms with Crippen LogP contribution in [-0.4, -0.2) is 14.6 Å². The van der Waals surface area contributed by atoms with E-state index in [9.17, 15) is 14.6 Å². The van der Waals surface area contributed by atoms with E-state index in [1.54, 1.807) is 43.3 Å². The Morgan fingerprint density at radius 1 is 1.14 bits per heavy atom. The van der Waals surface area contributed by atoms with Crippen LogP contribution in [0.25, 0.3) is 0 Å². The van der Waals surface area contributed by atoms with Crippen LogP contribution in [0.4, 0.5) is 0 Å². The van der Waals surface area contributed by atoms with Crippen LogP contribution < -0.4 is 0 Å². The molecule has 2 rings (SSSR count). The van der Waals surface area contributed by atoms with E-state index < -0.39 is 21.7 Å². The molecule has 0 aliphatic heterocycles. The van der Waals surface area contributed by atoms with Crippen LogP contribution in [-0.2, 0) is 16.4 Å². The highest BCUT2D eigenvalue weighted by Crippen LogP contribution is 2.30. The molecule has 3 atom stereocenters. The third-order valence-corrected chi connectivity index (χ3v) is 5.27. The zero-order chi connectivity index (χ0) is 15.5. The van der Waals surface area contributed by atoms with Crippen molar-refractivity contribution in [3.05, 3.63) is 65.7 Å². The normalized spacial score (nSPS) is 16.5. The highest BCUT2D eigenvalue weighted by Gasteiger charge is 2.40. The fourth-order valence-corrected chi connectivity index (χ4v) is 3.43. The Labute approximate surface area is 127 Å². The third kappa shape index (κ3) is 3.05. The summed E-state index contributed by atoms with van der Waals surface area (Å²) in [4.78, 5) is 0.609. The van der Waals surface area contributed by atoms with Crippen molar-refractivity contribution >= 4 is 10.8 Å². The first kappa shape index (κ1) is 15.4. The Hall–Kier alpha value is -1.96. The number of nitriles is 1. The van der Waals surface area contributed by atoms with Gasteiger partial charge in [0.15, 0.2) is 5.60 Å². The third-order valence-electron chi connectivity index (χ3n) is 3.55. The molecule has 0 aliphatic rings. The van der Waals surface area contributed by atoms with Crippen LogP contribution in [0.15, 0.2) is 59.5 Å². The Bertz CT molecular complexity index is 676. The van der Waals surface area contributed by atoms with Gasteiger partial charge in [-0.2, -0.15) is 5.26 Å². The zero-order valence-electron chi connectivity index (χ0n) is 12.0. The van der Waals surface area contributed by atoms with E-state index in [1.165, 1.54) is 0 Å². The maximum atomic E-state index is 12.6. The summed E-state index contributed by atoms with van der Waals surface area (Å²) >= 11 is 0. The lowest BCUT2D eigenvalue weighted by Crippen LogP contribution is -2.39. The Kier molecular flexibility index (Phi) is 4.56. The predicted octanol–water partition coefficient (Wildman–Crippen LogP) is 2.90. The molecule has 108 valence electrons. The summed E-state index contributed by atoms with van der Waals surface area (Å²) in [5, 5.41) is 19.4. The molecule has 0 saturated heterocycles. The molecule has 0 heterocycles. The number of aliphatic hydroxyl groups is 1. The summed E-state index contributed by atoms with van der Waals surface area (Å²) in [6, 6.07) is 17.8. The van der Waals surface area contributed by atoms with Gasteiger partial charge in [-0.1, -0.05) is 48.0 Å². The van der Waals surface area contributed by atoms with Crippen molar-refractivity contribution < 1.29 is 9.32 Å². The topological polar surface area (TPSA) is 61.1 Å². The number of nitrogens with zero attached hydrogens (tertiary/aromatic N) is 1. The minimum atomic E-state index is -1.78. The second-order valence-electron chi connectivity index (χ2n) is 5.00. The maximum Gasteiger partial charge on any atom is 0.191 e. The van der Waals surface area contributed by atoms with Gasteiger partial charge in [0.1, 0.15) is 6.07 Å². The molecule has 21 heavy (non-hydrogen) atoms. The Morgan fingerprint density at radius 3 is 2.24 bits per heavy atom. The second-order valence-corrected chi connectivity index (χ2v) is 6.77. The van der Waals surface area contributed by atoms with Crippen LogP contribution in [0, 0.1) is 18.3 Å². The summed E-state index contributed by atoms with van der Waals surface area (Å²) in [6.07, 6.45) is 0. The first-order valence-corrected chi connectivity index (χ1v) is 7.86. The first-order valence-electron chi connectivity index (χ1n) is 6.65. The van der Waals surface area contributed by atoms with Gasteiger partial charge in [-0.25, -0.2) is 0 Å². The number of hydrogen-bond acceptors (Lipinski definition) is 3. The van der Waals surface area contributed by atoms with E-state index in [-0.39, 0.29) is 0 Å². The zero-order valence-corrected chi connectivity index (χ0v) is 12.8.